The highest BCUT2D eigenvalue weighted by molar-refractivity contribution is 5.85. The Labute approximate surface area is 124 Å². The maximum absolute atomic E-state index is 11.2. The van der Waals surface area contributed by atoms with Crippen LogP contribution in [0.15, 0.2) is 18.2 Å². The Bertz CT molecular complexity index is 553. The molecule has 1 aromatic carbocycles. The second-order valence-corrected chi connectivity index (χ2v) is 5.95. The van der Waals surface area contributed by atoms with E-state index in [4.69, 9.17) is 0 Å². The molecule has 6 heteroatoms. The molecule has 2 rings (SSSR count). The summed E-state index contributed by atoms with van der Waals surface area (Å²) in [5.74, 6) is 0. The summed E-state index contributed by atoms with van der Waals surface area (Å²) in [5, 5.41) is 10.8. The first-order chi connectivity index (χ1) is 9.89. The summed E-state index contributed by atoms with van der Waals surface area (Å²) in [6.07, 6.45) is 4.16. The molecule has 0 N–H and O–H groups in total. The maximum Gasteiger partial charge on any atom is 0.270 e. The van der Waals surface area contributed by atoms with Gasteiger partial charge in [0.25, 0.3) is 5.69 Å². The molecule has 0 unspecified atom stereocenters. The molecule has 0 amide bonds. The van der Waals surface area contributed by atoms with Crippen molar-refractivity contribution in [3.05, 3.63) is 33.9 Å². The summed E-state index contributed by atoms with van der Waals surface area (Å²) >= 11 is 0. The molecule has 0 atom stereocenters. The Hall–Kier alpha value is -1.95. The number of nitro groups is 1. The quantitative estimate of drug-likeness (QED) is 0.457. The number of likely N-dealkylation sites (N-methyl/N-ethyl adjacent to an activating group) is 2. The van der Waals surface area contributed by atoms with E-state index in [1.807, 2.05) is 11.9 Å². The number of hydrogen-bond acceptors (Lipinski definition) is 5. The minimum Gasteiger partial charge on any atom is -0.372 e. The fourth-order valence-electron chi connectivity index (χ4n) is 2.96. The SMILES string of the molecule is CN(CC1(N(C)C)CCC1)c1ccc([N+](=O)[O-])cc1C=O. The van der Waals surface area contributed by atoms with Gasteiger partial charge in [0.15, 0.2) is 6.29 Å². The fraction of sp³-hybridized carbons (Fsp3) is 0.533. The standard InChI is InChI=1S/C15H21N3O3/c1-16(2)15(7-4-8-15)11-17(3)14-6-5-13(18(20)21)9-12(14)10-19/h5-6,9-10H,4,7-8,11H2,1-3H3. The molecular formula is C15H21N3O3. The molecule has 114 valence electrons. The van der Waals surface area contributed by atoms with E-state index in [2.05, 4.69) is 19.0 Å². The van der Waals surface area contributed by atoms with E-state index in [1.165, 1.54) is 18.6 Å². The van der Waals surface area contributed by atoms with Gasteiger partial charge in [0.2, 0.25) is 0 Å². The Kier molecular flexibility index (Phi) is 4.27. The molecule has 0 aliphatic heterocycles. The van der Waals surface area contributed by atoms with E-state index in [9.17, 15) is 14.9 Å². The van der Waals surface area contributed by atoms with Gasteiger partial charge in [-0.05, 0) is 39.4 Å². The van der Waals surface area contributed by atoms with Crippen molar-refractivity contribution in [2.24, 2.45) is 0 Å². The van der Waals surface area contributed by atoms with Gasteiger partial charge in [0.05, 0.1) is 4.92 Å². The fourth-order valence-corrected chi connectivity index (χ4v) is 2.96. The molecule has 6 nitrogen and oxygen atoms in total. The monoisotopic (exact) mass is 291 g/mol. The van der Waals surface area contributed by atoms with Crippen LogP contribution in [-0.4, -0.2) is 49.3 Å². The van der Waals surface area contributed by atoms with E-state index in [0.717, 1.165) is 25.1 Å². The number of rotatable bonds is 6. The zero-order valence-electron chi connectivity index (χ0n) is 12.7. The Morgan fingerprint density at radius 1 is 1.33 bits per heavy atom. The summed E-state index contributed by atoms with van der Waals surface area (Å²) in [6.45, 7) is 0.804. The summed E-state index contributed by atoms with van der Waals surface area (Å²) in [6, 6.07) is 4.44. The molecule has 0 spiro atoms. The molecular weight excluding hydrogens is 270 g/mol. The van der Waals surface area contributed by atoms with Crippen LogP contribution in [0.1, 0.15) is 29.6 Å². The van der Waals surface area contributed by atoms with Gasteiger partial charge >= 0.3 is 0 Å². The average Bonchev–Trinajstić information content (AvgIpc) is 2.41. The average molecular weight is 291 g/mol. The van der Waals surface area contributed by atoms with Gasteiger partial charge in [-0.25, -0.2) is 0 Å². The van der Waals surface area contributed by atoms with Crippen molar-refractivity contribution in [2.75, 3.05) is 32.6 Å². The zero-order valence-corrected chi connectivity index (χ0v) is 12.7. The molecule has 0 aromatic heterocycles. The first kappa shape index (κ1) is 15.4. The van der Waals surface area contributed by atoms with E-state index in [-0.39, 0.29) is 11.2 Å². The first-order valence-corrected chi connectivity index (χ1v) is 7.02. The lowest BCUT2D eigenvalue weighted by atomic mass is 9.75. The number of nitro benzene ring substituents is 1. The van der Waals surface area contributed by atoms with E-state index >= 15 is 0 Å². The minimum atomic E-state index is -0.482. The van der Waals surface area contributed by atoms with E-state index in [0.29, 0.717) is 11.8 Å². The number of benzene rings is 1. The number of hydrogen-bond donors (Lipinski definition) is 0. The first-order valence-electron chi connectivity index (χ1n) is 7.02. The third-order valence-corrected chi connectivity index (χ3v) is 4.52. The number of nitrogens with zero attached hydrogens (tertiary/aromatic N) is 3. The summed E-state index contributed by atoms with van der Waals surface area (Å²) in [4.78, 5) is 25.8. The van der Waals surface area contributed by atoms with Crippen molar-refractivity contribution < 1.29 is 9.72 Å². The molecule has 0 radical (unpaired) electrons. The smallest absolute Gasteiger partial charge is 0.270 e. The van der Waals surface area contributed by atoms with Crippen LogP contribution in [-0.2, 0) is 0 Å². The number of carbonyl (C=O) groups is 1. The van der Waals surface area contributed by atoms with Gasteiger partial charge in [-0.15, -0.1) is 0 Å². The lowest BCUT2D eigenvalue weighted by Gasteiger charge is -2.49. The molecule has 0 heterocycles. The van der Waals surface area contributed by atoms with Crippen LogP contribution in [0.5, 0.6) is 0 Å². The van der Waals surface area contributed by atoms with Gasteiger partial charge < -0.3 is 9.80 Å². The number of non-ortho nitro benzene ring substituents is 1. The Morgan fingerprint density at radius 2 is 2.00 bits per heavy atom. The second-order valence-electron chi connectivity index (χ2n) is 5.95. The second kappa shape index (κ2) is 5.81. The van der Waals surface area contributed by atoms with Crippen molar-refractivity contribution in [1.29, 1.82) is 0 Å². The lowest BCUT2D eigenvalue weighted by Crippen LogP contribution is -2.56. The molecule has 0 saturated heterocycles. The van der Waals surface area contributed by atoms with Crippen LogP contribution in [0.4, 0.5) is 11.4 Å². The molecule has 21 heavy (non-hydrogen) atoms. The third-order valence-electron chi connectivity index (χ3n) is 4.52. The predicted molar refractivity (Wildman–Crippen MR) is 82.0 cm³/mol. The van der Waals surface area contributed by atoms with Crippen LogP contribution in [0.2, 0.25) is 0 Å². The van der Waals surface area contributed by atoms with Crippen molar-refractivity contribution in [3.8, 4) is 0 Å². The summed E-state index contributed by atoms with van der Waals surface area (Å²) < 4.78 is 0. The topological polar surface area (TPSA) is 66.7 Å². The lowest BCUT2D eigenvalue weighted by molar-refractivity contribution is -0.384. The van der Waals surface area contributed by atoms with Crippen molar-refractivity contribution in [2.45, 2.75) is 24.8 Å². The highest BCUT2D eigenvalue weighted by Crippen LogP contribution is 2.38. The van der Waals surface area contributed by atoms with Gasteiger partial charge in [0.1, 0.15) is 0 Å². The van der Waals surface area contributed by atoms with Gasteiger partial charge in [0, 0.05) is 42.5 Å². The molecule has 1 aromatic rings. The predicted octanol–water partition coefficient (Wildman–Crippen LogP) is 2.33. The highest BCUT2D eigenvalue weighted by atomic mass is 16.6. The van der Waals surface area contributed by atoms with Gasteiger partial charge in [-0.2, -0.15) is 0 Å². The highest BCUT2D eigenvalue weighted by Gasteiger charge is 2.40. The Morgan fingerprint density at radius 3 is 2.43 bits per heavy atom. The van der Waals surface area contributed by atoms with Gasteiger partial charge in [-0.1, -0.05) is 0 Å². The largest absolute Gasteiger partial charge is 0.372 e. The van der Waals surface area contributed by atoms with Crippen LogP contribution in [0, 0.1) is 10.1 Å². The van der Waals surface area contributed by atoms with Crippen LogP contribution < -0.4 is 4.90 Å². The van der Waals surface area contributed by atoms with Crippen molar-refractivity contribution >= 4 is 17.7 Å². The summed E-state index contributed by atoms with van der Waals surface area (Å²) in [5.41, 5.74) is 1.18. The minimum absolute atomic E-state index is 0.0554. The van der Waals surface area contributed by atoms with E-state index in [1.54, 1.807) is 6.07 Å². The molecule has 0 bridgehead atoms. The normalized spacial score (nSPS) is 16.4. The van der Waals surface area contributed by atoms with E-state index < -0.39 is 4.92 Å². The van der Waals surface area contributed by atoms with Crippen LogP contribution >= 0.6 is 0 Å². The van der Waals surface area contributed by atoms with Crippen molar-refractivity contribution in [1.82, 2.24) is 4.90 Å². The van der Waals surface area contributed by atoms with Gasteiger partial charge in [-0.3, -0.25) is 14.9 Å². The maximum atomic E-state index is 11.2. The molecule has 1 aliphatic carbocycles. The molecule has 1 saturated carbocycles. The zero-order chi connectivity index (χ0) is 15.6. The van der Waals surface area contributed by atoms with Crippen LogP contribution in [0.25, 0.3) is 0 Å². The van der Waals surface area contributed by atoms with Crippen LogP contribution in [0.3, 0.4) is 0 Å². The van der Waals surface area contributed by atoms with Crippen molar-refractivity contribution in [3.63, 3.8) is 0 Å². The third kappa shape index (κ3) is 2.90. The molecule has 1 fully saturated rings. The Balaban J connectivity index is 2.24. The summed E-state index contributed by atoms with van der Waals surface area (Å²) in [7, 11) is 6.07. The molecule has 1 aliphatic rings. The number of anilines is 1. The number of carbonyl (C=O) groups excluding carboxylic acids is 1. The number of aldehydes is 1.